The minimum absolute atomic E-state index is 0. The van der Waals surface area contributed by atoms with Crippen LogP contribution >= 0.6 is 17.0 Å². The molecule has 0 spiro atoms. The molecule has 1 heterocycles. The third kappa shape index (κ3) is 7.45. The van der Waals surface area contributed by atoms with Gasteiger partial charge >= 0.3 is 0 Å². The molecule has 1 unspecified atom stereocenters. The molecule has 0 amide bonds. The number of rotatable bonds is 7. The molecule has 1 aromatic rings. The van der Waals surface area contributed by atoms with Crippen LogP contribution in [0.4, 0.5) is 0 Å². The van der Waals surface area contributed by atoms with Gasteiger partial charge in [-0.1, -0.05) is 30.3 Å². The quantitative estimate of drug-likeness (QED) is 0.392. The number of hydrogen-bond donors (Lipinski definition) is 3. The maximum Gasteiger partial charge on any atom is 0.188 e. The van der Waals surface area contributed by atoms with E-state index in [0.717, 1.165) is 39.1 Å². The van der Waals surface area contributed by atoms with E-state index in [-0.39, 0.29) is 23.1 Å². The van der Waals surface area contributed by atoms with Crippen LogP contribution in [0.3, 0.4) is 0 Å². The molecule has 6 heteroatoms. The van der Waals surface area contributed by atoms with Gasteiger partial charge in [0, 0.05) is 26.2 Å². The number of ether oxygens (including phenoxy) is 1. The van der Waals surface area contributed by atoms with E-state index in [4.69, 9.17) is 10.5 Å². The predicted octanol–water partition coefficient (Wildman–Crippen LogP) is 1.44. The number of guanidine groups is 1. The molecule has 21 heavy (non-hydrogen) atoms. The molecule has 4 N–H and O–H groups in total. The molecule has 1 fully saturated rings. The molecule has 0 aliphatic carbocycles. The average molecular weight is 357 g/mol. The van der Waals surface area contributed by atoms with Gasteiger partial charge in [0.1, 0.15) is 0 Å². The summed E-state index contributed by atoms with van der Waals surface area (Å²) in [5.74, 6) is 0.502. The summed E-state index contributed by atoms with van der Waals surface area (Å²) >= 11 is 0. The molecule has 1 aliphatic rings. The Kier molecular flexibility index (Phi) is 9.05. The molecule has 2 rings (SSSR count). The molecular weight excluding hydrogens is 332 g/mol. The minimum Gasteiger partial charge on any atom is -0.376 e. The van der Waals surface area contributed by atoms with Crippen molar-refractivity contribution < 1.29 is 4.74 Å². The molecular formula is C15H25BrN4O. The van der Waals surface area contributed by atoms with E-state index < -0.39 is 0 Å². The summed E-state index contributed by atoms with van der Waals surface area (Å²) in [5, 5.41) is 6.46. The zero-order chi connectivity index (χ0) is 14.0. The monoisotopic (exact) mass is 356 g/mol. The van der Waals surface area contributed by atoms with Gasteiger partial charge in [-0.2, -0.15) is 0 Å². The Morgan fingerprint density at radius 3 is 2.81 bits per heavy atom. The van der Waals surface area contributed by atoms with Crippen LogP contribution in [0.1, 0.15) is 18.4 Å². The summed E-state index contributed by atoms with van der Waals surface area (Å²) in [7, 11) is 0. The Labute approximate surface area is 137 Å². The Morgan fingerprint density at radius 1 is 1.29 bits per heavy atom. The molecule has 0 aromatic heterocycles. The van der Waals surface area contributed by atoms with Crippen LogP contribution in [0, 0.1) is 0 Å². The van der Waals surface area contributed by atoms with Crippen LogP contribution in [-0.2, 0) is 11.3 Å². The minimum atomic E-state index is 0. The largest absolute Gasteiger partial charge is 0.376 e. The van der Waals surface area contributed by atoms with E-state index in [0.29, 0.717) is 12.5 Å². The summed E-state index contributed by atoms with van der Waals surface area (Å²) in [6, 6.07) is 10.3. The van der Waals surface area contributed by atoms with Crippen molar-refractivity contribution in [2.24, 2.45) is 10.7 Å². The van der Waals surface area contributed by atoms with Gasteiger partial charge in [-0.15, -0.1) is 17.0 Å². The van der Waals surface area contributed by atoms with Crippen molar-refractivity contribution >= 4 is 22.9 Å². The van der Waals surface area contributed by atoms with Crippen LogP contribution < -0.4 is 16.4 Å². The maximum atomic E-state index is 5.80. The molecule has 0 bridgehead atoms. The third-order valence-corrected chi connectivity index (χ3v) is 3.27. The lowest BCUT2D eigenvalue weighted by Crippen LogP contribution is -2.37. The zero-order valence-electron chi connectivity index (χ0n) is 12.3. The molecule has 1 atom stereocenters. The number of hydrogen-bond acceptors (Lipinski definition) is 3. The second-order valence-electron chi connectivity index (χ2n) is 4.95. The van der Waals surface area contributed by atoms with Gasteiger partial charge in [-0.25, -0.2) is 0 Å². The predicted molar refractivity (Wildman–Crippen MR) is 91.9 cm³/mol. The van der Waals surface area contributed by atoms with Crippen molar-refractivity contribution in [2.75, 3.05) is 26.2 Å². The zero-order valence-corrected chi connectivity index (χ0v) is 14.0. The van der Waals surface area contributed by atoms with Gasteiger partial charge in [0.2, 0.25) is 0 Å². The summed E-state index contributed by atoms with van der Waals surface area (Å²) in [6.45, 7) is 4.02. The van der Waals surface area contributed by atoms with Crippen molar-refractivity contribution in [1.29, 1.82) is 0 Å². The Balaban J connectivity index is 0.00000220. The first-order valence-electron chi connectivity index (χ1n) is 7.24. The highest BCUT2D eigenvalue weighted by atomic mass is 79.9. The fraction of sp³-hybridized carbons (Fsp3) is 0.533. The lowest BCUT2D eigenvalue weighted by Gasteiger charge is -2.09. The van der Waals surface area contributed by atoms with Crippen molar-refractivity contribution in [1.82, 2.24) is 10.6 Å². The first-order chi connectivity index (χ1) is 9.84. The molecule has 0 radical (unpaired) electrons. The fourth-order valence-corrected chi connectivity index (χ4v) is 2.15. The molecule has 5 nitrogen and oxygen atoms in total. The summed E-state index contributed by atoms with van der Waals surface area (Å²) < 4.78 is 5.49. The molecule has 1 aromatic carbocycles. The smallest absolute Gasteiger partial charge is 0.188 e. The molecule has 1 aliphatic heterocycles. The first-order valence-corrected chi connectivity index (χ1v) is 7.24. The Hall–Kier alpha value is -1.11. The topological polar surface area (TPSA) is 71.7 Å². The SMILES string of the molecule is Br.NC(=NCC1CCCO1)NCCNCc1ccccc1. The van der Waals surface area contributed by atoms with E-state index in [1.807, 2.05) is 18.2 Å². The lowest BCUT2D eigenvalue weighted by atomic mass is 10.2. The van der Waals surface area contributed by atoms with Crippen molar-refractivity contribution in [3.63, 3.8) is 0 Å². The number of halogens is 1. The number of nitrogens with two attached hydrogens (primary N) is 1. The number of benzene rings is 1. The van der Waals surface area contributed by atoms with Crippen LogP contribution in [0.2, 0.25) is 0 Å². The van der Waals surface area contributed by atoms with Crippen molar-refractivity contribution in [2.45, 2.75) is 25.5 Å². The highest BCUT2D eigenvalue weighted by molar-refractivity contribution is 8.93. The fourth-order valence-electron chi connectivity index (χ4n) is 2.15. The molecule has 1 saturated heterocycles. The van der Waals surface area contributed by atoms with Gasteiger partial charge in [-0.3, -0.25) is 4.99 Å². The highest BCUT2D eigenvalue weighted by Crippen LogP contribution is 2.11. The van der Waals surface area contributed by atoms with Gasteiger partial charge in [-0.05, 0) is 18.4 Å². The summed E-state index contributed by atoms with van der Waals surface area (Å²) in [6.07, 6.45) is 2.48. The van der Waals surface area contributed by atoms with Gasteiger partial charge < -0.3 is 21.1 Å². The van der Waals surface area contributed by atoms with Crippen molar-refractivity contribution in [3.8, 4) is 0 Å². The summed E-state index contributed by atoms with van der Waals surface area (Å²) in [5.41, 5.74) is 7.09. The molecule has 0 saturated carbocycles. The van der Waals surface area contributed by atoms with Gasteiger partial charge in [0.25, 0.3) is 0 Å². The lowest BCUT2D eigenvalue weighted by molar-refractivity contribution is 0.118. The van der Waals surface area contributed by atoms with E-state index >= 15 is 0 Å². The number of aliphatic imine (C=N–C) groups is 1. The second kappa shape index (κ2) is 10.6. The second-order valence-corrected chi connectivity index (χ2v) is 4.95. The molecule has 118 valence electrons. The van der Waals surface area contributed by atoms with Crippen LogP contribution in [0.5, 0.6) is 0 Å². The Morgan fingerprint density at radius 2 is 2.10 bits per heavy atom. The number of nitrogens with zero attached hydrogens (tertiary/aromatic N) is 1. The maximum absolute atomic E-state index is 5.80. The first kappa shape index (κ1) is 17.9. The highest BCUT2D eigenvalue weighted by Gasteiger charge is 2.14. The standard InChI is InChI=1S/C15H24N4O.BrH/c16-15(19-12-14-7-4-10-20-14)18-9-8-17-11-13-5-2-1-3-6-13;/h1-3,5-6,14,17H,4,7-12H2,(H3,16,18,19);1H. The van der Waals surface area contributed by atoms with Crippen LogP contribution in [0.25, 0.3) is 0 Å². The Bertz CT molecular complexity index is 407. The van der Waals surface area contributed by atoms with E-state index in [2.05, 4.69) is 27.8 Å². The third-order valence-electron chi connectivity index (χ3n) is 3.27. The van der Waals surface area contributed by atoms with Crippen LogP contribution in [0.15, 0.2) is 35.3 Å². The van der Waals surface area contributed by atoms with E-state index in [1.165, 1.54) is 5.56 Å². The summed E-state index contributed by atoms with van der Waals surface area (Å²) in [4.78, 5) is 4.29. The van der Waals surface area contributed by atoms with E-state index in [1.54, 1.807) is 0 Å². The van der Waals surface area contributed by atoms with Gasteiger partial charge in [0.05, 0.1) is 12.6 Å². The van der Waals surface area contributed by atoms with Gasteiger partial charge in [0.15, 0.2) is 5.96 Å². The van der Waals surface area contributed by atoms with E-state index in [9.17, 15) is 0 Å². The number of nitrogens with one attached hydrogen (secondary N) is 2. The van der Waals surface area contributed by atoms with Crippen LogP contribution in [-0.4, -0.2) is 38.3 Å². The van der Waals surface area contributed by atoms with Crippen molar-refractivity contribution in [3.05, 3.63) is 35.9 Å². The normalized spacial score (nSPS) is 18.3. The average Bonchev–Trinajstić information content (AvgIpc) is 2.99.